The predicted octanol–water partition coefficient (Wildman–Crippen LogP) is 2.78. The summed E-state index contributed by atoms with van der Waals surface area (Å²) in [5, 5.41) is 17.4. The molecule has 0 atom stereocenters. The van der Waals surface area contributed by atoms with Gasteiger partial charge in [0.25, 0.3) is 0 Å². The third kappa shape index (κ3) is 3.47. The Labute approximate surface area is 117 Å². The third-order valence-electron chi connectivity index (χ3n) is 3.80. The summed E-state index contributed by atoms with van der Waals surface area (Å²) in [6.45, 7) is 1.46. The van der Waals surface area contributed by atoms with Crippen LogP contribution in [0.4, 0.5) is 10.1 Å². The summed E-state index contributed by atoms with van der Waals surface area (Å²) in [6, 6.07) is 6.44. The maximum absolute atomic E-state index is 13.9. The van der Waals surface area contributed by atoms with Gasteiger partial charge in [-0.3, -0.25) is 4.79 Å². The first-order valence-corrected chi connectivity index (χ1v) is 6.76. The number of nitriles is 1. The van der Waals surface area contributed by atoms with E-state index in [1.807, 2.05) is 11.0 Å². The fraction of sp³-hybridized carbons (Fsp3) is 0.467. The van der Waals surface area contributed by atoms with E-state index < -0.39 is 5.97 Å². The molecule has 0 radical (unpaired) electrons. The van der Waals surface area contributed by atoms with E-state index in [0.717, 1.165) is 25.9 Å². The molecule has 0 aliphatic carbocycles. The molecule has 106 valence electrons. The molecule has 0 spiro atoms. The van der Waals surface area contributed by atoms with E-state index in [0.29, 0.717) is 23.6 Å². The SMILES string of the molecule is N#Cc1ccc(N2CCC(CCC(=O)O)CC2)c(F)c1. The van der Waals surface area contributed by atoms with Gasteiger partial charge in [-0.05, 0) is 43.4 Å². The number of piperidine rings is 1. The van der Waals surface area contributed by atoms with Crippen LogP contribution in [0.2, 0.25) is 0 Å². The number of halogens is 1. The minimum absolute atomic E-state index is 0.204. The van der Waals surface area contributed by atoms with E-state index in [4.69, 9.17) is 10.4 Å². The van der Waals surface area contributed by atoms with Gasteiger partial charge in [-0.2, -0.15) is 5.26 Å². The van der Waals surface area contributed by atoms with Crippen molar-refractivity contribution in [1.29, 1.82) is 5.26 Å². The lowest BCUT2D eigenvalue weighted by molar-refractivity contribution is -0.137. The van der Waals surface area contributed by atoms with E-state index >= 15 is 0 Å². The van der Waals surface area contributed by atoms with Crippen molar-refractivity contribution in [3.63, 3.8) is 0 Å². The van der Waals surface area contributed by atoms with Crippen molar-refractivity contribution < 1.29 is 14.3 Å². The number of hydrogen-bond acceptors (Lipinski definition) is 3. The first-order valence-electron chi connectivity index (χ1n) is 6.76. The van der Waals surface area contributed by atoms with Crippen LogP contribution in [0.25, 0.3) is 0 Å². The van der Waals surface area contributed by atoms with Gasteiger partial charge in [-0.1, -0.05) is 0 Å². The molecule has 1 saturated heterocycles. The van der Waals surface area contributed by atoms with Gasteiger partial charge in [0.2, 0.25) is 0 Å². The van der Waals surface area contributed by atoms with E-state index in [2.05, 4.69) is 0 Å². The van der Waals surface area contributed by atoms with Crippen LogP contribution in [-0.4, -0.2) is 24.2 Å². The fourth-order valence-electron chi connectivity index (χ4n) is 2.62. The Morgan fingerprint density at radius 3 is 2.70 bits per heavy atom. The molecule has 0 unspecified atom stereocenters. The van der Waals surface area contributed by atoms with Crippen LogP contribution in [-0.2, 0) is 4.79 Å². The molecule has 0 aromatic heterocycles. The van der Waals surface area contributed by atoms with Crippen molar-refractivity contribution in [2.24, 2.45) is 5.92 Å². The highest BCUT2D eigenvalue weighted by molar-refractivity contribution is 5.66. The number of rotatable bonds is 4. The van der Waals surface area contributed by atoms with E-state index in [1.54, 1.807) is 12.1 Å². The quantitative estimate of drug-likeness (QED) is 0.918. The average Bonchev–Trinajstić information content (AvgIpc) is 2.45. The van der Waals surface area contributed by atoms with Crippen LogP contribution in [0.1, 0.15) is 31.2 Å². The topological polar surface area (TPSA) is 64.3 Å². The molecule has 0 bridgehead atoms. The molecule has 1 aromatic rings. The summed E-state index contributed by atoms with van der Waals surface area (Å²) in [5.74, 6) is -0.720. The van der Waals surface area contributed by atoms with Gasteiger partial charge in [0.15, 0.2) is 0 Å². The number of aliphatic carboxylic acids is 1. The van der Waals surface area contributed by atoms with Gasteiger partial charge in [-0.15, -0.1) is 0 Å². The summed E-state index contributed by atoms with van der Waals surface area (Å²) in [7, 11) is 0. The molecular formula is C15H17FN2O2. The Morgan fingerprint density at radius 1 is 1.45 bits per heavy atom. The smallest absolute Gasteiger partial charge is 0.303 e. The summed E-state index contributed by atoms with van der Waals surface area (Å²) < 4.78 is 13.9. The molecule has 5 heteroatoms. The van der Waals surface area contributed by atoms with Crippen molar-refractivity contribution in [1.82, 2.24) is 0 Å². The maximum atomic E-state index is 13.9. The second kappa shape index (κ2) is 6.38. The van der Waals surface area contributed by atoms with Crippen LogP contribution in [0.3, 0.4) is 0 Å². The van der Waals surface area contributed by atoms with E-state index in [9.17, 15) is 9.18 Å². The number of hydrogen-bond donors (Lipinski definition) is 1. The molecule has 2 rings (SSSR count). The molecule has 0 amide bonds. The molecule has 4 nitrogen and oxygen atoms in total. The number of benzene rings is 1. The van der Waals surface area contributed by atoms with E-state index in [-0.39, 0.29) is 12.2 Å². The summed E-state index contributed by atoms with van der Waals surface area (Å²) >= 11 is 0. The van der Waals surface area contributed by atoms with Gasteiger partial charge in [0, 0.05) is 19.5 Å². The molecule has 1 heterocycles. The predicted molar refractivity (Wildman–Crippen MR) is 72.9 cm³/mol. The lowest BCUT2D eigenvalue weighted by Gasteiger charge is -2.33. The zero-order valence-electron chi connectivity index (χ0n) is 11.2. The molecule has 0 saturated carbocycles. The number of carbonyl (C=O) groups is 1. The number of anilines is 1. The van der Waals surface area contributed by atoms with Crippen LogP contribution < -0.4 is 4.90 Å². The molecule has 20 heavy (non-hydrogen) atoms. The van der Waals surface area contributed by atoms with Crippen LogP contribution >= 0.6 is 0 Å². The van der Waals surface area contributed by atoms with Gasteiger partial charge in [0.05, 0.1) is 17.3 Å². The Morgan fingerprint density at radius 2 is 2.15 bits per heavy atom. The summed E-state index contributed by atoms with van der Waals surface area (Å²) in [5.41, 5.74) is 0.850. The molecule has 1 aliphatic heterocycles. The number of carboxylic acid groups (broad SMARTS) is 1. The number of carboxylic acids is 1. The highest BCUT2D eigenvalue weighted by Crippen LogP contribution is 2.28. The fourth-order valence-corrected chi connectivity index (χ4v) is 2.62. The molecule has 1 aliphatic rings. The van der Waals surface area contributed by atoms with Crippen LogP contribution in [0, 0.1) is 23.1 Å². The van der Waals surface area contributed by atoms with Gasteiger partial charge >= 0.3 is 5.97 Å². The van der Waals surface area contributed by atoms with Crippen molar-refractivity contribution in [2.45, 2.75) is 25.7 Å². The minimum Gasteiger partial charge on any atom is -0.481 e. The van der Waals surface area contributed by atoms with Crippen molar-refractivity contribution in [3.8, 4) is 6.07 Å². The monoisotopic (exact) mass is 276 g/mol. The molecule has 1 aromatic carbocycles. The first kappa shape index (κ1) is 14.3. The Hall–Kier alpha value is -2.09. The lowest BCUT2D eigenvalue weighted by atomic mass is 9.92. The largest absolute Gasteiger partial charge is 0.481 e. The normalized spacial score (nSPS) is 15.9. The second-order valence-electron chi connectivity index (χ2n) is 5.14. The highest BCUT2D eigenvalue weighted by Gasteiger charge is 2.21. The minimum atomic E-state index is -0.759. The van der Waals surface area contributed by atoms with Crippen LogP contribution in [0.5, 0.6) is 0 Å². The van der Waals surface area contributed by atoms with Gasteiger partial charge < -0.3 is 10.0 Å². The highest BCUT2D eigenvalue weighted by atomic mass is 19.1. The van der Waals surface area contributed by atoms with E-state index in [1.165, 1.54) is 6.07 Å². The molecule has 1 N–H and O–H groups in total. The first-order chi connectivity index (χ1) is 9.60. The zero-order valence-corrected chi connectivity index (χ0v) is 11.2. The lowest BCUT2D eigenvalue weighted by Crippen LogP contribution is -2.34. The summed E-state index contributed by atoms with van der Waals surface area (Å²) in [4.78, 5) is 12.5. The molecule has 1 fully saturated rings. The summed E-state index contributed by atoms with van der Waals surface area (Å²) in [6.07, 6.45) is 2.66. The molecular weight excluding hydrogens is 259 g/mol. The van der Waals surface area contributed by atoms with Gasteiger partial charge in [-0.25, -0.2) is 4.39 Å². The van der Waals surface area contributed by atoms with Crippen molar-refractivity contribution in [2.75, 3.05) is 18.0 Å². The Kier molecular flexibility index (Phi) is 4.57. The average molecular weight is 276 g/mol. The van der Waals surface area contributed by atoms with Gasteiger partial charge in [0.1, 0.15) is 5.82 Å². The Bertz CT molecular complexity index is 531. The standard InChI is InChI=1S/C15H17FN2O2/c16-13-9-12(10-17)1-3-14(13)18-7-5-11(6-8-18)2-4-15(19)20/h1,3,9,11H,2,4-8H2,(H,19,20). The second-order valence-corrected chi connectivity index (χ2v) is 5.14. The maximum Gasteiger partial charge on any atom is 0.303 e. The third-order valence-corrected chi connectivity index (χ3v) is 3.80. The zero-order chi connectivity index (χ0) is 14.5. The van der Waals surface area contributed by atoms with Crippen molar-refractivity contribution in [3.05, 3.63) is 29.6 Å². The number of nitrogens with zero attached hydrogens (tertiary/aromatic N) is 2. The van der Waals surface area contributed by atoms with Crippen LogP contribution in [0.15, 0.2) is 18.2 Å². The van der Waals surface area contributed by atoms with Crippen molar-refractivity contribution >= 4 is 11.7 Å². The Balaban J connectivity index is 1.94.